The predicted molar refractivity (Wildman–Crippen MR) is 211 cm³/mol. The Kier molecular flexibility index (Phi) is 10.4. The smallest absolute Gasteiger partial charge is 0.407 e. The quantitative estimate of drug-likeness (QED) is 0.112. The van der Waals surface area contributed by atoms with Crippen LogP contribution < -0.4 is 10.6 Å². The number of carbonyl (C=O) groups is 3. The normalized spacial score (nSPS) is 22.6. The van der Waals surface area contributed by atoms with Gasteiger partial charge in [-0.05, 0) is 79.0 Å². The number of benzene rings is 2. The Morgan fingerprint density at radius 1 is 0.768 bits per heavy atom. The number of ether oxygens (including phenoxy) is 1. The highest BCUT2D eigenvalue weighted by molar-refractivity contribution is 5.86. The minimum atomic E-state index is -0.679. The molecule has 0 radical (unpaired) electrons. The number of fused-ring (bicyclic) bond motifs is 2. The number of alkyl carbamates (subject to hydrolysis) is 1. The van der Waals surface area contributed by atoms with Crippen LogP contribution in [-0.2, 0) is 14.3 Å². The zero-order valence-electron chi connectivity index (χ0n) is 32.2. The van der Waals surface area contributed by atoms with Crippen LogP contribution in [0.5, 0.6) is 0 Å². The zero-order chi connectivity index (χ0) is 38.9. The van der Waals surface area contributed by atoms with Gasteiger partial charge in [-0.1, -0.05) is 62.4 Å². The molecule has 7 atom stereocenters. The van der Waals surface area contributed by atoms with Crippen molar-refractivity contribution in [3.8, 4) is 33.6 Å². The Morgan fingerprint density at radius 3 is 1.98 bits per heavy atom. The highest BCUT2D eigenvalue weighted by Crippen LogP contribution is 2.56. The standard InChI is InChI=1S/C43H49N9O4/c1-24(2)38(51-43(55)56-4)42(54)52-17-5-6-35(52)39-46-21-33(49-39)28-11-7-26(8-12-28)27-9-13-29(14-10-27)34-22-47-40(50-34)36-30-15-16-31(18-30)37(36)41(53)48-25(3)32-19-44-23-45-20-32/h7-14,19-25,30-31,35-38H,5-6,15-18H2,1-4H3,(H,46,49)(H,47,50)(H,48,53)(H,51,55)/t25?,30-,31+,35-,36+,37+,38?/m0/s1. The Bertz CT molecular complexity index is 2160. The molecule has 4 N–H and O–H groups in total. The lowest BCUT2D eigenvalue weighted by atomic mass is 9.78. The van der Waals surface area contributed by atoms with Gasteiger partial charge < -0.3 is 30.2 Å². The van der Waals surface area contributed by atoms with Gasteiger partial charge in [0.2, 0.25) is 11.8 Å². The lowest BCUT2D eigenvalue weighted by Crippen LogP contribution is -2.51. The summed E-state index contributed by atoms with van der Waals surface area (Å²) in [5, 5.41) is 5.94. The summed E-state index contributed by atoms with van der Waals surface area (Å²) in [5.74, 6) is 2.26. The lowest BCUT2D eigenvalue weighted by molar-refractivity contribution is -0.135. The summed E-state index contributed by atoms with van der Waals surface area (Å²) >= 11 is 0. The number of methoxy groups -OCH3 is 1. The molecule has 8 rings (SSSR count). The Labute approximate surface area is 326 Å². The minimum Gasteiger partial charge on any atom is -0.453 e. The van der Waals surface area contributed by atoms with E-state index in [1.807, 2.05) is 38.1 Å². The molecule has 2 bridgehead atoms. The molecule has 2 saturated carbocycles. The summed E-state index contributed by atoms with van der Waals surface area (Å²) in [7, 11) is 1.30. The summed E-state index contributed by atoms with van der Waals surface area (Å²) in [5.41, 5.74) is 6.92. The van der Waals surface area contributed by atoms with Crippen LogP contribution in [0.2, 0.25) is 0 Å². The Morgan fingerprint density at radius 2 is 1.36 bits per heavy atom. The van der Waals surface area contributed by atoms with Gasteiger partial charge in [0.05, 0.1) is 48.9 Å². The SMILES string of the molecule is COC(=O)NC(C(=O)N1CCC[C@H]1c1ncc(-c2ccc(-c3ccc(-c4cnc([C@@H]5[C@H]6CC[C@H](C6)[C@H]5C(=O)NC(C)c5cncnc5)[nH]4)cc3)cc2)[nH]1)C(C)C. The number of aromatic amines is 2. The van der Waals surface area contributed by atoms with Crippen molar-refractivity contribution in [1.29, 1.82) is 0 Å². The molecular formula is C43H49N9O4. The maximum Gasteiger partial charge on any atom is 0.407 e. The summed E-state index contributed by atoms with van der Waals surface area (Å²) in [6, 6.07) is 15.8. The maximum atomic E-state index is 13.7. The largest absolute Gasteiger partial charge is 0.453 e. The molecule has 2 aliphatic carbocycles. The van der Waals surface area contributed by atoms with Crippen LogP contribution >= 0.6 is 0 Å². The molecule has 2 aromatic carbocycles. The number of rotatable bonds is 11. The second-order valence-corrected chi connectivity index (χ2v) is 15.9. The van der Waals surface area contributed by atoms with Crippen molar-refractivity contribution in [2.75, 3.05) is 13.7 Å². The molecule has 3 amide bonds. The molecule has 5 aromatic rings. The molecule has 56 heavy (non-hydrogen) atoms. The number of hydrogen-bond acceptors (Lipinski definition) is 8. The third-order valence-corrected chi connectivity index (χ3v) is 12.1. The molecule has 2 unspecified atom stereocenters. The van der Waals surface area contributed by atoms with Crippen molar-refractivity contribution in [2.24, 2.45) is 23.7 Å². The minimum absolute atomic E-state index is 0.0672. The molecule has 13 nitrogen and oxygen atoms in total. The molecule has 1 aliphatic heterocycles. The first-order valence-corrected chi connectivity index (χ1v) is 19.7. The number of aromatic nitrogens is 6. The van der Waals surface area contributed by atoms with Gasteiger partial charge in [-0.3, -0.25) is 9.59 Å². The number of nitrogens with zero attached hydrogens (tertiary/aromatic N) is 5. The number of nitrogens with one attached hydrogen (secondary N) is 4. The first kappa shape index (κ1) is 37.1. The average Bonchev–Trinajstić information content (AvgIpc) is 4.08. The predicted octanol–water partition coefficient (Wildman–Crippen LogP) is 6.98. The fourth-order valence-corrected chi connectivity index (χ4v) is 9.17. The third-order valence-electron chi connectivity index (χ3n) is 12.1. The van der Waals surface area contributed by atoms with Crippen LogP contribution in [0, 0.1) is 23.7 Å². The number of hydrogen-bond donors (Lipinski definition) is 4. The van der Waals surface area contributed by atoms with E-state index in [0.717, 1.165) is 83.0 Å². The van der Waals surface area contributed by atoms with Crippen molar-refractivity contribution in [3.63, 3.8) is 0 Å². The number of H-pyrrole nitrogens is 2. The van der Waals surface area contributed by atoms with E-state index in [9.17, 15) is 14.4 Å². The number of carbonyl (C=O) groups excluding carboxylic acids is 3. The molecule has 13 heteroatoms. The van der Waals surface area contributed by atoms with E-state index in [0.29, 0.717) is 18.4 Å². The van der Waals surface area contributed by atoms with E-state index in [2.05, 4.69) is 84.1 Å². The van der Waals surface area contributed by atoms with Crippen molar-refractivity contribution in [3.05, 3.63) is 96.9 Å². The number of amides is 3. The maximum absolute atomic E-state index is 13.7. The van der Waals surface area contributed by atoms with Crippen molar-refractivity contribution >= 4 is 17.9 Å². The van der Waals surface area contributed by atoms with Gasteiger partial charge in [0.1, 0.15) is 24.0 Å². The van der Waals surface area contributed by atoms with Crippen LogP contribution in [0.25, 0.3) is 33.6 Å². The fourth-order valence-electron chi connectivity index (χ4n) is 9.17. The van der Waals surface area contributed by atoms with Gasteiger partial charge in [0.25, 0.3) is 0 Å². The Hall–Kier alpha value is -5.85. The number of likely N-dealkylation sites (tertiary alicyclic amines) is 1. The van der Waals surface area contributed by atoms with Crippen molar-refractivity contribution in [1.82, 2.24) is 45.4 Å². The average molecular weight is 756 g/mol. The van der Waals surface area contributed by atoms with Crippen LogP contribution in [0.3, 0.4) is 0 Å². The summed E-state index contributed by atoms with van der Waals surface area (Å²) in [4.78, 5) is 65.8. The summed E-state index contributed by atoms with van der Waals surface area (Å²) in [6.07, 6.45) is 13.0. The van der Waals surface area contributed by atoms with Crippen LogP contribution in [0.4, 0.5) is 4.79 Å². The van der Waals surface area contributed by atoms with E-state index in [-0.39, 0.29) is 41.7 Å². The second kappa shape index (κ2) is 15.7. The molecule has 290 valence electrons. The van der Waals surface area contributed by atoms with Gasteiger partial charge in [0, 0.05) is 30.4 Å². The molecule has 4 heterocycles. The third kappa shape index (κ3) is 7.29. The highest BCUT2D eigenvalue weighted by Gasteiger charge is 2.52. The van der Waals surface area contributed by atoms with E-state index >= 15 is 0 Å². The molecule has 0 spiro atoms. The molecule has 3 aromatic heterocycles. The fraction of sp³-hybridized carbons (Fsp3) is 0.419. The molecule has 3 fully saturated rings. The first-order valence-electron chi connectivity index (χ1n) is 19.7. The van der Waals surface area contributed by atoms with Gasteiger partial charge in [-0.25, -0.2) is 24.7 Å². The zero-order valence-corrected chi connectivity index (χ0v) is 32.2. The van der Waals surface area contributed by atoms with Gasteiger partial charge in [0.15, 0.2) is 0 Å². The van der Waals surface area contributed by atoms with Crippen molar-refractivity contribution in [2.45, 2.75) is 76.9 Å². The topological polar surface area (TPSA) is 171 Å². The van der Waals surface area contributed by atoms with E-state index in [1.54, 1.807) is 12.4 Å². The van der Waals surface area contributed by atoms with Crippen LogP contribution in [-0.4, -0.2) is 72.4 Å². The van der Waals surface area contributed by atoms with Crippen LogP contribution in [0.15, 0.2) is 79.6 Å². The second-order valence-electron chi connectivity index (χ2n) is 15.9. The Balaban J connectivity index is 0.922. The van der Waals surface area contributed by atoms with Gasteiger partial charge in [-0.2, -0.15) is 0 Å². The monoisotopic (exact) mass is 755 g/mol. The summed E-state index contributed by atoms with van der Waals surface area (Å²) < 4.78 is 4.76. The van der Waals surface area contributed by atoms with E-state index in [1.165, 1.54) is 13.4 Å². The molecule has 3 aliphatic rings. The van der Waals surface area contributed by atoms with Crippen molar-refractivity contribution < 1.29 is 19.1 Å². The summed E-state index contributed by atoms with van der Waals surface area (Å²) in [6.45, 7) is 6.40. The lowest BCUT2D eigenvalue weighted by Gasteiger charge is -2.30. The van der Waals surface area contributed by atoms with Gasteiger partial charge in [-0.15, -0.1) is 0 Å². The highest BCUT2D eigenvalue weighted by atomic mass is 16.5. The molecule has 1 saturated heterocycles. The van der Waals surface area contributed by atoms with E-state index < -0.39 is 12.1 Å². The van der Waals surface area contributed by atoms with Gasteiger partial charge >= 0.3 is 6.09 Å². The number of imidazole rings is 2. The van der Waals surface area contributed by atoms with E-state index in [4.69, 9.17) is 9.72 Å². The first-order chi connectivity index (χ1) is 27.2. The molecular weight excluding hydrogens is 707 g/mol. The van der Waals surface area contributed by atoms with Crippen LogP contribution in [0.1, 0.15) is 88.1 Å².